The molecule has 0 aromatic heterocycles. The number of allylic oxidation sites excluding steroid dienone is 1. The van der Waals surface area contributed by atoms with Crippen molar-refractivity contribution < 1.29 is 24.5 Å². The third-order valence-electron chi connectivity index (χ3n) is 13.4. The summed E-state index contributed by atoms with van der Waals surface area (Å²) in [6.45, 7) is 15.4. The minimum absolute atomic E-state index is 0.132. The zero-order chi connectivity index (χ0) is 26.7. The molecule has 0 bridgehead atoms. The second kappa shape index (κ2) is 7.46. The minimum atomic E-state index is -1.22. The highest BCUT2D eigenvalue weighted by atomic mass is 16.5. The number of ether oxygens (including phenoxy) is 1. The molecule has 4 fully saturated rings. The maximum Gasteiger partial charge on any atom is 0.311 e. The van der Waals surface area contributed by atoms with Crippen LogP contribution in [0.3, 0.4) is 0 Å². The average Bonchev–Trinajstić information content (AvgIpc) is 2.79. The van der Waals surface area contributed by atoms with Crippen LogP contribution in [0.2, 0.25) is 0 Å². The molecule has 5 nitrogen and oxygen atoms in total. The molecule has 4 saturated carbocycles. The molecule has 36 heavy (non-hydrogen) atoms. The van der Waals surface area contributed by atoms with Gasteiger partial charge in [-0.25, -0.2) is 0 Å². The van der Waals surface area contributed by atoms with Crippen molar-refractivity contribution in [2.24, 2.45) is 44.3 Å². The highest BCUT2D eigenvalue weighted by molar-refractivity contribution is 5.96. The Labute approximate surface area is 217 Å². The molecule has 0 amide bonds. The van der Waals surface area contributed by atoms with Crippen LogP contribution in [-0.2, 0) is 14.3 Å². The van der Waals surface area contributed by atoms with E-state index in [2.05, 4.69) is 41.5 Å². The van der Waals surface area contributed by atoms with E-state index in [9.17, 15) is 19.8 Å². The summed E-state index contributed by atoms with van der Waals surface area (Å²) in [7, 11) is 1.42. The number of methoxy groups -OCH3 is 1. The summed E-state index contributed by atoms with van der Waals surface area (Å²) in [5, 5.41) is 23.6. The number of hydrogen-bond donors (Lipinski definition) is 2. The number of aliphatic hydroxyl groups excluding tert-OH is 1. The molecular weight excluding hydrogens is 452 g/mol. The largest absolute Gasteiger partial charge is 0.469 e. The van der Waals surface area contributed by atoms with Gasteiger partial charge in [0.1, 0.15) is 0 Å². The summed E-state index contributed by atoms with van der Waals surface area (Å²) in [5.41, 5.74) is -2.51. The number of ketones is 1. The van der Waals surface area contributed by atoms with E-state index in [4.69, 9.17) is 4.74 Å². The smallest absolute Gasteiger partial charge is 0.311 e. The number of carbonyl (C=O) groups is 2. The van der Waals surface area contributed by atoms with Crippen LogP contribution in [0.25, 0.3) is 0 Å². The molecule has 0 aromatic carbocycles. The molecule has 5 aliphatic rings. The second-order valence-electron chi connectivity index (χ2n) is 15.3. The van der Waals surface area contributed by atoms with Gasteiger partial charge in [-0.1, -0.05) is 41.5 Å². The van der Waals surface area contributed by atoms with Crippen molar-refractivity contribution in [3.63, 3.8) is 0 Å². The van der Waals surface area contributed by atoms with E-state index in [0.29, 0.717) is 12.8 Å². The Morgan fingerprint density at radius 3 is 2.22 bits per heavy atom. The minimum Gasteiger partial charge on any atom is -0.469 e. The average molecular weight is 501 g/mol. The zero-order valence-corrected chi connectivity index (χ0v) is 23.8. The van der Waals surface area contributed by atoms with Gasteiger partial charge in [-0.3, -0.25) is 9.59 Å². The highest BCUT2D eigenvalue weighted by Gasteiger charge is 2.73. The molecule has 202 valence electrons. The summed E-state index contributed by atoms with van der Waals surface area (Å²) >= 11 is 0. The van der Waals surface area contributed by atoms with Gasteiger partial charge in [-0.05, 0) is 104 Å². The fourth-order valence-electron chi connectivity index (χ4n) is 10.7. The predicted octanol–water partition coefficient (Wildman–Crippen LogP) is 5.62. The lowest BCUT2D eigenvalue weighted by Crippen LogP contribution is -2.70. The maximum atomic E-state index is 14.3. The maximum absolute atomic E-state index is 14.3. The molecule has 0 saturated heterocycles. The van der Waals surface area contributed by atoms with E-state index in [-0.39, 0.29) is 56.8 Å². The fraction of sp³-hybridized carbons (Fsp3) is 0.871. The van der Waals surface area contributed by atoms with E-state index in [1.807, 2.05) is 13.0 Å². The lowest BCUT2D eigenvalue weighted by Gasteiger charge is -2.71. The summed E-state index contributed by atoms with van der Waals surface area (Å²) in [4.78, 5) is 27.2. The lowest BCUT2D eigenvalue weighted by molar-refractivity contribution is -0.219. The molecule has 9 atom stereocenters. The molecule has 0 aliphatic heterocycles. The van der Waals surface area contributed by atoms with E-state index >= 15 is 0 Å². The Balaban J connectivity index is 1.65. The van der Waals surface area contributed by atoms with Crippen molar-refractivity contribution in [2.75, 3.05) is 7.11 Å². The van der Waals surface area contributed by atoms with Gasteiger partial charge in [0.05, 0.1) is 24.2 Å². The Morgan fingerprint density at radius 1 is 0.944 bits per heavy atom. The summed E-state index contributed by atoms with van der Waals surface area (Å²) in [6, 6.07) is 0. The van der Waals surface area contributed by atoms with Gasteiger partial charge < -0.3 is 14.9 Å². The van der Waals surface area contributed by atoms with E-state index in [0.717, 1.165) is 50.5 Å². The first-order valence-electron chi connectivity index (χ1n) is 14.2. The van der Waals surface area contributed by atoms with E-state index in [1.54, 1.807) is 0 Å². The van der Waals surface area contributed by atoms with E-state index in [1.165, 1.54) is 7.11 Å². The Bertz CT molecular complexity index is 1030. The van der Waals surface area contributed by atoms with Gasteiger partial charge in [-0.2, -0.15) is 0 Å². The quantitative estimate of drug-likeness (QED) is 0.457. The summed E-state index contributed by atoms with van der Waals surface area (Å²) in [5.74, 6) is 0.0249. The van der Waals surface area contributed by atoms with Crippen molar-refractivity contribution in [1.82, 2.24) is 0 Å². The molecule has 5 aliphatic carbocycles. The van der Waals surface area contributed by atoms with Crippen molar-refractivity contribution in [3.05, 3.63) is 11.6 Å². The molecule has 5 heteroatoms. The van der Waals surface area contributed by atoms with Crippen molar-refractivity contribution >= 4 is 11.8 Å². The first-order valence-corrected chi connectivity index (χ1v) is 14.2. The predicted molar refractivity (Wildman–Crippen MR) is 139 cm³/mol. The highest BCUT2D eigenvalue weighted by Crippen LogP contribution is 2.75. The molecule has 5 rings (SSSR count). The van der Waals surface area contributed by atoms with Crippen LogP contribution in [0, 0.1) is 44.3 Å². The van der Waals surface area contributed by atoms with Crippen molar-refractivity contribution in [1.29, 1.82) is 0 Å². The van der Waals surface area contributed by atoms with Gasteiger partial charge >= 0.3 is 5.97 Å². The van der Waals surface area contributed by atoms with Crippen molar-refractivity contribution in [3.8, 4) is 0 Å². The van der Waals surface area contributed by atoms with Gasteiger partial charge in [0.15, 0.2) is 5.78 Å². The first-order chi connectivity index (χ1) is 16.5. The van der Waals surface area contributed by atoms with Crippen LogP contribution in [0.1, 0.15) is 106 Å². The molecule has 0 spiro atoms. The zero-order valence-electron chi connectivity index (χ0n) is 23.8. The fourth-order valence-corrected chi connectivity index (χ4v) is 10.7. The topological polar surface area (TPSA) is 83.8 Å². The van der Waals surface area contributed by atoms with Crippen LogP contribution in [-0.4, -0.2) is 40.8 Å². The monoisotopic (exact) mass is 500 g/mol. The van der Waals surface area contributed by atoms with Gasteiger partial charge in [-0.15, -0.1) is 0 Å². The molecule has 0 aromatic rings. The summed E-state index contributed by atoms with van der Waals surface area (Å²) < 4.78 is 5.18. The van der Waals surface area contributed by atoms with E-state index < -0.39 is 11.0 Å². The van der Waals surface area contributed by atoms with Gasteiger partial charge in [0.2, 0.25) is 0 Å². The molecule has 9 unspecified atom stereocenters. The standard InChI is InChI=1S/C31H48O5/c1-25(2)20-9-12-30(7)23(28(20,5)11-10-22(25)33)19(32)17-21-29(30,6)16-15-27(4)14-13-26(3,24(34)36-8)18-31(21,27)35/h17,20,22-23,33,35H,9-16,18H2,1-8H3. The first kappa shape index (κ1) is 26.4. The third kappa shape index (κ3) is 2.91. The number of rotatable bonds is 1. The van der Waals surface area contributed by atoms with Crippen LogP contribution in [0.15, 0.2) is 11.6 Å². The Hall–Kier alpha value is -1.20. The number of hydrogen-bond acceptors (Lipinski definition) is 5. The molecule has 2 N–H and O–H groups in total. The van der Waals surface area contributed by atoms with Crippen LogP contribution in [0.5, 0.6) is 0 Å². The third-order valence-corrected chi connectivity index (χ3v) is 13.4. The van der Waals surface area contributed by atoms with Crippen LogP contribution in [0.4, 0.5) is 0 Å². The van der Waals surface area contributed by atoms with Gasteiger partial charge in [0, 0.05) is 11.3 Å². The molecule has 0 radical (unpaired) electrons. The van der Waals surface area contributed by atoms with Crippen LogP contribution < -0.4 is 0 Å². The van der Waals surface area contributed by atoms with Crippen LogP contribution >= 0.6 is 0 Å². The normalized spacial score (nSPS) is 53.8. The van der Waals surface area contributed by atoms with Gasteiger partial charge in [0.25, 0.3) is 0 Å². The lowest BCUT2D eigenvalue weighted by atomic mass is 9.33. The molecular formula is C31H48O5. The Kier molecular flexibility index (Phi) is 5.48. The number of esters is 1. The second-order valence-corrected chi connectivity index (χ2v) is 15.3. The number of aliphatic hydroxyl groups is 2. The SMILES string of the molecule is COC(=O)C1(C)CCC2(C)CCC3(C)C(=CC(=O)C4C5(C)CCC(O)C(C)(C)C5CCC43C)C2(O)C1. The Morgan fingerprint density at radius 2 is 1.58 bits per heavy atom. The van der Waals surface area contributed by atoms with Crippen molar-refractivity contribution in [2.45, 2.75) is 118 Å². The molecule has 0 heterocycles. The number of carbonyl (C=O) groups excluding carboxylic acids is 2. The summed E-state index contributed by atoms with van der Waals surface area (Å²) in [6.07, 6.45) is 8.53. The number of fused-ring (bicyclic) bond motifs is 7.